The van der Waals surface area contributed by atoms with E-state index in [9.17, 15) is 0 Å². The van der Waals surface area contributed by atoms with E-state index in [-0.39, 0.29) is 0 Å². The molecule has 0 spiro atoms. The summed E-state index contributed by atoms with van der Waals surface area (Å²) in [6, 6.07) is 0.920. The lowest BCUT2D eigenvalue weighted by molar-refractivity contribution is -0.933. The summed E-state index contributed by atoms with van der Waals surface area (Å²) in [5.41, 5.74) is 0. The second-order valence-corrected chi connectivity index (χ2v) is 9.29. The van der Waals surface area contributed by atoms with Crippen LogP contribution in [0, 0.1) is 5.92 Å². The van der Waals surface area contributed by atoms with E-state index in [0.717, 1.165) is 18.5 Å². The number of hydrogen-bond donors (Lipinski definition) is 0. The van der Waals surface area contributed by atoms with Crippen LogP contribution >= 0.6 is 0 Å². The van der Waals surface area contributed by atoms with Gasteiger partial charge >= 0.3 is 8.80 Å². The Balaban J connectivity index is 2.66. The van der Waals surface area contributed by atoms with Crippen molar-refractivity contribution in [3.63, 3.8) is 0 Å². The van der Waals surface area contributed by atoms with Crippen molar-refractivity contribution >= 4 is 8.80 Å². The number of quaternary nitrogens is 1. The molecule has 1 aliphatic rings. The largest absolute Gasteiger partial charge is 0.505 e. The number of nitrogens with zero attached hydrogens (tertiary/aromatic N) is 1. The molecule has 0 bridgehead atoms. The molecule has 0 aliphatic carbocycles. The molecule has 0 aromatic carbocycles. The van der Waals surface area contributed by atoms with Crippen LogP contribution in [-0.4, -0.2) is 60.8 Å². The van der Waals surface area contributed by atoms with Gasteiger partial charge in [-0.05, 0) is 19.3 Å². The minimum Gasteiger partial charge on any atom is -0.377 e. The first-order valence-corrected chi connectivity index (χ1v) is 9.45. The molecule has 1 heterocycles. The third kappa shape index (κ3) is 4.83. The second kappa shape index (κ2) is 7.74. The summed E-state index contributed by atoms with van der Waals surface area (Å²) in [6.45, 7) is 9.64. The zero-order valence-corrected chi connectivity index (χ0v) is 14.4. The summed E-state index contributed by atoms with van der Waals surface area (Å²) >= 11 is 0. The SMILES string of the molecule is CO[Si](CC[N+]1(CC(C)C)CCCCC1)(OC)OC. The van der Waals surface area contributed by atoms with Gasteiger partial charge in [0.25, 0.3) is 0 Å². The monoisotopic (exact) mass is 290 g/mol. The first-order valence-electron chi connectivity index (χ1n) is 7.52. The molecule has 4 nitrogen and oxygen atoms in total. The third-order valence-corrected chi connectivity index (χ3v) is 7.04. The van der Waals surface area contributed by atoms with Gasteiger partial charge in [-0.1, -0.05) is 13.8 Å². The van der Waals surface area contributed by atoms with Gasteiger partial charge in [-0.3, -0.25) is 0 Å². The van der Waals surface area contributed by atoms with Crippen LogP contribution in [0.3, 0.4) is 0 Å². The van der Waals surface area contributed by atoms with Gasteiger partial charge in [-0.15, -0.1) is 0 Å². The van der Waals surface area contributed by atoms with Crippen LogP contribution in [0.1, 0.15) is 33.1 Å². The van der Waals surface area contributed by atoms with Crippen LogP contribution in [0.25, 0.3) is 0 Å². The van der Waals surface area contributed by atoms with Crippen LogP contribution < -0.4 is 0 Å². The van der Waals surface area contributed by atoms with Gasteiger partial charge in [-0.2, -0.15) is 0 Å². The Morgan fingerprint density at radius 1 is 0.947 bits per heavy atom. The molecule has 0 amide bonds. The predicted molar refractivity (Wildman–Crippen MR) is 80.0 cm³/mol. The van der Waals surface area contributed by atoms with E-state index < -0.39 is 8.80 Å². The predicted octanol–water partition coefficient (Wildman–Crippen LogP) is 2.52. The highest BCUT2D eigenvalue weighted by atomic mass is 28.4. The molecule has 1 saturated heterocycles. The molecule has 1 aliphatic heterocycles. The van der Waals surface area contributed by atoms with E-state index in [1.165, 1.54) is 43.4 Å². The van der Waals surface area contributed by atoms with Crippen molar-refractivity contribution in [3.05, 3.63) is 0 Å². The molecule has 1 rings (SSSR count). The standard InChI is InChI=1S/C14H32NO3Si/c1-14(2)13-15(9-7-6-8-10-15)11-12-19(16-3,17-4)18-5/h14H,6-13H2,1-5H3/q+1. The zero-order valence-electron chi connectivity index (χ0n) is 13.4. The lowest BCUT2D eigenvalue weighted by Crippen LogP contribution is -2.57. The summed E-state index contributed by atoms with van der Waals surface area (Å²) < 4.78 is 17.9. The summed E-state index contributed by atoms with van der Waals surface area (Å²) in [6.07, 6.45) is 4.10. The minimum atomic E-state index is -2.42. The first kappa shape index (κ1) is 17.1. The fourth-order valence-electron chi connectivity index (χ4n) is 3.39. The molecule has 0 unspecified atom stereocenters. The molecule has 0 aromatic rings. The highest BCUT2D eigenvalue weighted by Crippen LogP contribution is 2.24. The molecule has 114 valence electrons. The van der Waals surface area contributed by atoms with Gasteiger partial charge in [-0.25, -0.2) is 0 Å². The fourth-order valence-corrected chi connectivity index (χ4v) is 5.25. The molecule has 1 fully saturated rings. The van der Waals surface area contributed by atoms with E-state index in [1.54, 1.807) is 21.3 Å². The van der Waals surface area contributed by atoms with Crippen LogP contribution in [0.5, 0.6) is 0 Å². The lowest BCUT2D eigenvalue weighted by atomic mass is 10.0. The molecule has 0 atom stereocenters. The molecular weight excluding hydrogens is 258 g/mol. The molecular formula is C14H32NO3Si+. The van der Waals surface area contributed by atoms with E-state index in [0.29, 0.717) is 0 Å². The summed E-state index contributed by atoms with van der Waals surface area (Å²) in [7, 11) is 2.72. The van der Waals surface area contributed by atoms with Crippen LogP contribution in [-0.2, 0) is 13.3 Å². The molecule has 0 N–H and O–H groups in total. The van der Waals surface area contributed by atoms with Crippen LogP contribution in [0.15, 0.2) is 0 Å². The number of likely N-dealkylation sites (tertiary alicyclic amines) is 1. The average Bonchev–Trinajstić information content (AvgIpc) is 2.41. The summed E-state index contributed by atoms with van der Waals surface area (Å²) in [5.74, 6) is 0.738. The van der Waals surface area contributed by atoms with Crippen molar-refractivity contribution in [1.29, 1.82) is 0 Å². The lowest BCUT2D eigenvalue weighted by Gasteiger charge is -2.44. The van der Waals surface area contributed by atoms with Crippen LogP contribution in [0.4, 0.5) is 0 Å². The third-order valence-electron chi connectivity index (χ3n) is 4.34. The topological polar surface area (TPSA) is 27.7 Å². The number of hydrogen-bond acceptors (Lipinski definition) is 3. The van der Waals surface area contributed by atoms with Crippen molar-refractivity contribution < 1.29 is 17.8 Å². The van der Waals surface area contributed by atoms with E-state index in [1.807, 2.05) is 0 Å². The zero-order chi connectivity index (χ0) is 14.4. The van der Waals surface area contributed by atoms with Gasteiger partial charge in [0.05, 0.1) is 32.2 Å². The van der Waals surface area contributed by atoms with Crippen molar-refractivity contribution in [2.75, 3.05) is 47.5 Å². The molecule has 0 saturated carbocycles. The Morgan fingerprint density at radius 3 is 1.89 bits per heavy atom. The maximum atomic E-state index is 5.56. The van der Waals surface area contributed by atoms with Gasteiger partial charge in [0.1, 0.15) is 0 Å². The summed E-state index contributed by atoms with van der Waals surface area (Å²) in [4.78, 5) is 0. The Morgan fingerprint density at radius 2 is 1.47 bits per heavy atom. The van der Waals surface area contributed by atoms with Gasteiger partial charge in [0.2, 0.25) is 0 Å². The summed E-state index contributed by atoms with van der Waals surface area (Å²) in [5, 5.41) is 0. The van der Waals surface area contributed by atoms with Crippen molar-refractivity contribution in [2.45, 2.75) is 39.2 Å². The van der Waals surface area contributed by atoms with E-state index >= 15 is 0 Å². The van der Waals surface area contributed by atoms with E-state index in [2.05, 4.69) is 13.8 Å². The second-order valence-electron chi connectivity index (χ2n) is 6.19. The Labute approximate surface area is 120 Å². The van der Waals surface area contributed by atoms with Gasteiger partial charge in [0, 0.05) is 27.2 Å². The Hall–Kier alpha value is 0.0569. The molecule has 0 aromatic heterocycles. The average molecular weight is 290 g/mol. The highest BCUT2D eigenvalue weighted by Gasteiger charge is 2.42. The number of piperidine rings is 1. The van der Waals surface area contributed by atoms with Gasteiger partial charge < -0.3 is 17.8 Å². The van der Waals surface area contributed by atoms with Crippen LogP contribution in [0.2, 0.25) is 6.04 Å². The Kier molecular flexibility index (Phi) is 6.97. The maximum Gasteiger partial charge on any atom is 0.505 e. The van der Waals surface area contributed by atoms with Crippen molar-refractivity contribution in [3.8, 4) is 0 Å². The number of rotatable bonds is 8. The van der Waals surface area contributed by atoms with Crippen molar-refractivity contribution in [2.24, 2.45) is 5.92 Å². The smallest absolute Gasteiger partial charge is 0.377 e. The quantitative estimate of drug-likeness (QED) is 0.508. The fraction of sp³-hybridized carbons (Fsp3) is 1.00. The first-order chi connectivity index (χ1) is 9.01. The van der Waals surface area contributed by atoms with E-state index in [4.69, 9.17) is 13.3 Å². The minimum absolute atomic E-state index is 0.738. The molecule has 19 heavy (non-hydrogen) atoms. The molecule has 5 heteroatoms. The molecule has 0 radical (unpaired) electrons. The normalized spacial score (nSPS) is 19.9. The van der Waals surface area contributed by atoms with Gasteiger partial charge in [0.15, 0.2) is 0 Å². The van der Waals surface area contributed by atoms with Crippen molar-refractivity contribution in [1.82, 2.24) is 0 Å². The highest BCUT2D eigenvalue weighted by molar-refractivity contribution is 6.60. The maximum absolute atomic E-state index is 5.56. The Bertz CT molecular complexity index is 243.